The molecule has 0 spiro atoms. The molecule has 1 amide bonds. The molecule has 9 nitrogen and oxygen atoms in total. The fraction of sp³-hybridized carbons (Fsp3) is 0.462. The first-order valence-corrected chi connectivity index (χ1v) is 13.4. The third kappa shape index (κ3) is 4.57. The van der Waals surface area contributed by atoms with E-state index in [0.717, 1.165) is 35.9 Å². The van der Waals surface area contributed by atoms with Crippen LogP contribution in [0.25, 0.3) is 16.0 Å². The highest BCUT2D eigenvalue weighted by Gasteiger charge is 2.23. The van der Waals surface area contributed by atoms with Crippen molar-refractivity contribution in [3.05, 3.63) is 51.9 Å². The van der Waals surface area contributed by atoms with Crippen molar-refractivity contribution in [1.29, 1.82) is 0 Å². The fourth-order valence-electron chi connectivity index (χ4n) is 4.92. The molecule has 3 aromatic heterocycles. The average molecular weight is 509 g/mol. The lowest BCUT2D eigenvalue weighted by Gasteiger charge is -2.36. The number of fused-ring (bicyclic) bond motifs is 3. The molecule has 1 aliphatic heterocycles. The molecular weight excluding hydrogens is 476 g/mol. The topological polar surface area (TPSA) is 85.0 Å². The summed E-state index contributed by atoms with van der Waals surface area (Å²) in [6.45, 7) is 7.72. The Bertz CT molecular complexity index is 1430. The molecule has 1 aliphatic rings. The van der Waals surface area contributed by atoms with Gasteiger partial charge in [0, 0.05) is 45.6 Å². The molecule has 1 aromatic carbocycles. The number of para-hydroxylation sites is 2. The van der Waals surface area contributed by atoms with Crippen molar-refractivity contribution >= 4 is 38.9 Å². The lowest BCUT2D eigenvalue weighted by molar-refractivity contribution is -0.131. The van der Waals surface area contributed by atoms with Crippen molar-refractivity contribution in [3.8, 4) is 5.75 Å². The quantitative estimate of drug-likeness (QED) is 0.363. The number of anilines is 1. The summed E-state index contributed by atoms with van der Waals surface area (Å²) in [7, 11) is 1.68. The molecule has 0 atom stereocenters. The van der Waals surface area contributed by atoms with Crippen molar-refractivity contribution in [2.24, 2.45) is 5.92 Å². The van der Waals surface area contributed by atoms with Crippen LogP contribution >= 0.6 is 11.3 Å². The SMILES string of the molecule is COc1ccccc1N1CCN(C(=O)CCCc2nnc3n(CC(C)C)c(=O)c4sccc4n23)CC1. The van der Waals surface area contributed by atoms with Gasteiger partial charge in [-0.1, -0.05) is 26.0 Å². The number of carbonyl (C=O) groups is 1. The van der Waals surface area contributed by atoms with E-state index < -0.39 is 0 Å². The van der Waals surface area contributed by atoms with E-state index in [1.165, 1.54) is 11.3 Å². The van der Waals surface area contributed by atoms with Gasteiger partial charge in [0.2, 0.25) is 11.7 Å². The van der Waals surface area contributed by atoms with Gasteiger partial charge in [0.05, 0.1) is 18.3 Å². The average Bonchev–Trinajstić information content (AvgIpc) is 3.54. The van der Waals surface area contributed by atoms with Gasteiger partial charge in [-0.15, -0.1) is 21.5 Å². The number of hydrogen-bond donors (Lipinski definition) is 0. The lowest BCUT2D eigenvalue weighted by atomic mass is 10.2. The molecule has 1 fully saturated rings. The van der Waals surface area contributed by atoms with Crippen LogP contribution in [0.2, 0.25) is 0 Å². The predicted octanol–water partition coefficient (Wildman–Crippen LogP) is 3.44. The van der Waals surface area contributed by atoms with Crippen molar-refractivity contribution in [1.82, 2.24) is 24.1 Å². The van der Waals surface area contributed by atoms with Gasteiger partial charge in [0.1, 0.15) is 16.3 Å². The standard InChI is InChI=1S/C26H32N6O3S/c1-18(2)17-31-25(34)24-20(11-16-36-24)32-22(27-28-26(31)32)9-6-10-23(33)30-14-12-29(13-15-30)19-7-4-5-8-21(19)35-3/h4-5,7-8,11,16,18H,6,9-10,12-15,17H2,1-3H3. The molecule has 1 saturated heterocycles. The number of aromatic nitrogens is 4. The Labute approximate surface area is 213 Å². The maximum Gasteiger partial charge on any atom is 0.272 e. The molecule has 4 aromatic rings. The van der Waals surface area contributed by atoms with Gasteiger partial charge in [-0.3, -0.25) is 18.6 Å². The van der Waals surface area contributed by atoms with Crippen LogP contribution in [-0.2, 0) is 17.8 Å². The minimum absolute atomic E-state index is 0.0115. The molecular formula is C26H32N6O3S. The van der Waals surface area contributed by atoms with Gasteiger partial charge in [0.25, 0.3) is 5.56 Å². The van der Waals surface area contributed by atoms with E-state index in [-0.39, 0.29) is 11.5 Å². The summed E-state index contributed by atoms with van der Waals surface area (Å²) in [5, 5.41) is 10.7. The number of benzene rings is 1. The number of methoxy groups -OCH3 is 1. The van der Waals surface area contributed by atoms with Crippen LogP contribution in [-0.4, -0.2) is 63.3 Å². The molecule has 0 unspecified atom stereocenters. The zero-order chi connectivity index (χ0) is 25.2. The predicted molar refractivity (Wildman–Crippen MR) is 142 cm³/mol. The van der Waals surface area contributed by atoms with Gasteiger partial charge < -0.3 is 14.5 Å². The maximum atomic E-state index is 13.0. The third-order valence-corrected chi connectivity index (χ3v) is 7.57. The van der Waals surface area contributed by atoms with Crippen LogP contribution in [0.5, 0.6) is 5.75 Å². The molecule has 190 valence electrons. The van der Waals surface area contributed by atoms with E-state index in [9.17, 15) is 9.59 Å². The van der Waals surface area contributed by atoms with E-state index >= 15 is 0 Å². The number of amides is 1. The molecule has 4 heterocycles. The number of carbonyl (C=O) groups excluding carboxylic acids is 1. The zero-order valence-corrected chi connectivity index (χ0v) is 21.8. The van der Waals surface area contributed by atoms with Gasteiger partial charge in [-0.05, 0) is 35.9 Å². The number of ether oxygens (including phenoxy) is 1. The summed E-state index contributed by atoms with van der Waals surface area (Å²) < 4.78 is 9.93. The van der Waals surface area contributed by atoms with Crippen molar-refractivity contribution in [3.63, 3.8) is 0 Å². The second kappa shape index (κ2) is 10.3. The highest BCUT2D eigenvalue weighted by atomic mass is 32.1. The molecule has 36 heavy (non-hydrogen) atoms. The largest absolute Gasteiger partial charge is 0.495 e. The van der Waals surface area contributed by atoms with Crippen LogP contribution in [0.4, 0.5) is 5.69 Å². The molecule has 0 N–H and O–H groups in total. The Balaban J connectivity index is 1.24. The minimum atomic E-state index is -0.0115. The summed E-state index contributed by atoms with van der Waals surface area (Å²) in [5.41, 5.74) is 1.91. The molecule has 0 radical (unpaired) electrons. The normalized spacial score (nSPS) is 14.3. The Morgan fingerprint density at radius 3 is 2.64 bits per heavy atom. The first-order chi connectivity index (χ1) is 17.5. The van der Waals surface area contributed by atoms with Crippen molar-refractivity contribution < 1.29 is 9.53 Å². The van der Waals surface area contributed by atoms with Gasteiger partial charge >= 0.3 is 0 Å². The highest BCUT2D eigenvalue weighted by molar-refractivity contribution is 7.17. The van der Waals surface area contributed by atoms with Gasteiger partial charge in [0.15, 0.2) is 0 Å². The van der Waals surface area contributed by atoms with Crippen LogP contribution in [0.15, 0.2) is 40.5 Å². The van der Waals surface area contributed by atoms with E-state index in [0.29, 0.717) is 55.3 Å². The monoisotopic (exact) mass is 508 g/mol. The number of nitrogens with zero attached hydrogens (tertiary/aromatic N) is 6. The Hall–Kier alpha value is -3.40. The van der Waals surface area contributed by atoms with Crippen LogP contribution in [0.1, 0.15) is 32.5 Å². The van der Waals surface area contributed by atoms with Gasteiger partial charge in [-0.25, -0.2) is 0 Å². The smallest absolute Gasteiger partial charge is 0.272 e. The van der Waals surface area contributed by atoms with E-state index in [1.54, 1.807) is 11.7 Å². The molecule has 0 bridgehead atoms. The summed E-state index contributed by atoms with van der Waals surface area (Å²) >= 11 is 1.45. The highest BCUT2D eigenvalue weighted by Crippen LogP contribution is 2.28. The molecule has 0 saturated carbocycles. The van der Waals surface area contributed by atoms with Gasteiger partial charge in [-0.2, -0.15) is 0 Å². The number of rotatable bonds is 8. The number of hydrogen-bond acceptors (Lipinski definition) is 7. The van der Waals surface area contributed by atoms with Crippen molar-refractivity contribution in [2.45, 2.75) is 39.7 Å². The number of thiophene rings is 1. The molecule has 5 rings (SSSR count). The molecule has 0 aliphatic carbocycles. The Morgan fingerprint density at radius 2 is 1.89 bits per heavy atom. The Kier molecular flexibility index (Phi) is 6.95. The summed E-state index contributed by atoms with van der Waals surface area (Å²) in [4.78, 5) is 30.2. The Morgan fingerprint density at radius 1 is 1.11 bits per heavy atom. The summed E-state index contributed by atoms with van der Waals surface area (Å²) in [6, 6.07) is 9.95. The van der Waals surface area contributed by atoms with E-state index in [4.69, 9.17) is 4.74 Å². The number of aryl methyl sites for hydroxylation is 1. The first kappa shape index (κ1) is 24.3. The van der Waals surface area contributed by atoms with Crippen molar-refractivity contribution in [2.75, 3.05) is 38.2 Å². The zero-order valence-electron chi connectivity index (χ0n) is 21.0. The summed E-state index contributed by atoms with van der Waals surface area (Å²) in [5.74, 6) is 2.70. The van der Waals surface area contributed by atoms with Crippen LogP contribution in [0, 0.1) is 5.92 Å². The summed E-state index contributed by atoms with van der Waals surface area (Å²) in [6.07, 6.45) is 1.77. The number of piperazine rings is 1. The fourth-order valence-corrected chi connectivity index (χ4v) is 5.74. The minimum Gasteiger partial charge on any atom is -0.495 e. The van der Waals surface area contributed by atoms with Crippen LogP contribution < -0.4 is 15.2 Å². The second-order valence-electron chi connectivity index (χ2n) is 9.59. The van der Waals surface area contributed by atoms with Crippen LogP contribution in [0.3, 0.4) is 0 Å². The first-order valence-electron chi connectivity index (χ1n) is 12.5. The molecule has 10 heteroatoms. The maximum absolute atomic E-state index is 13.0. The van der Waals surface area contributed by atoms with E-state index in [1.807, 2.05) is 38.9 Å². The lowest BCUT2D eigenvalue weighted by Crippen LogP contribution is -2.48. The third-order valence-electron chi connectivity index (χ3n) is 6.68. The van der Waals surface area contributed by atoms with E-state index in [2.05, 4.69) is 35.0 Å². The second-order valence-corrected chi connectivity index (χ2v) is 10.5.